The van der Waals surface area contributed by atoms with E-state index in [2.05, 4.69) is 219 Å². The number of rotatable bonds is 3. The molecule has 1 N–H and O–H groups in total. The topological polar surface area (TPSA) is 30.1 Å². The monoisotopic (exact) mass is 854 g/mol. The molecule has 66 heavy (non-hydrogen) atoms. The van der Waals surface area contributed by atoms with E-state index in [-0.39, 0.29) is 21.7 Å². The molecule has 10 aromatic rings. The molecule has 13 rings (SSSR count). The van der Waals surface area contributed by atoms with Gasteiger partial charge in [-0.3, -0.25) is 0 Å². The van der Waals surface area contributed by atoms with Crippen molar-refractivity contribution in [2.24, 2.45) is 0 Å². The molecule has 0 amide bonds. The minimum Gasteiger partial charge on any atom is -0.456 e. The van der Waals surface area contributed by atoms with Gasteiger partial charge in [-0.05, 0) is 132 Å². The molecule has 3 heterocycles. The standard InChI is InChI=1S/C62H55BN2O/c1-59(2,3)34-19-22-36(23-20-34)64-52-31-49-42(38-24-21-35(60(4,5)6)27-48(38)62(49,9)10)28-44(52)40-25-26-41-45-29-43-37-15-11-13-17-47(37)61(7,8)50(43)32-53(45)65-54-30-46-39-16-12-14-18-55(39)66-56(46)33-51(54)63-57(40)58(41)65/h11-33,63-64H,1-10H3. The number of aromatic nitrogens is 1. The van der Waals surface area contributed by atoms with Crippen LogP contribution in [0.25, 0.3) is 82.8 Å². The second-order valence-corrected chi connectivity index (χ2v) is 22.7. The highest BCUT2D eigenvalue weighted by Crippen LogP contribution is 2.54. The smallest absolute Gasteiger partial charge is 0.198 e. The summed E-state index contributed by atoms with van der Waals surface area (Å²) in [5.74, 6) is 0. The summed E-state index contributed by atoms with van der Waals surface area (Å²) in [6.45, 7) is 23.4. The fraction of sp³-hybridized carbons (Fsp3) is 0.226. The van der Waals surface area contributed by atoms with Crippen molar-refractivity contribution in [3.8, 4) is 39.1 Å². The quantitative estimate of drug-likeness (QED) is 0.179. The van der Waals surface area contributed by atoms with Crippen molar-refractivity contribution < 1.29 is 4.42 Å². The van der Waals surface area contributed by atoms with Gasteiger partial charge < -0.3 is 14.3 Å². The molecule has 322 valence electrons. The van der Waals surface area contributed by atoms with E-state index in [1.807, 2.05) is 0 Å². The lowest BCUT2D eigenvalue weighted by atomic mass is 9.59. The number of anilines is 2. The van der Waals surface area contributed by atoms with E-state index in [0.717, 1.165) is 40.6 Å². The van der Waals surface area contributed by atoms with Gasteiger partial charge in [-0.25, -0.2) is 0 Å². The van der Waals surface area contributed by atoms with Gasteiger partial charge in [0.15, 0.2) is 7.28 Å². The molecule has 0 saturated heterocycles. The van der Waals surface area contributed by atoms with Crippen LogP contribution < -0.4 is 16.2 Å². The summed E-state index contributed by atoms with van der Waals surface area (Å²) in [6.07, 6.45) is 0. The Morgan fingerprint density at radius 1 is 0.485 bits per heavy atom. The van der Waals surface area contributed by atoms with E-state index < -0.39 is 0 Å². The van der Waals surface area contributed by atoms with E-state index >= 15 is 0 Å². The largest absolute Gasteiger partial charge is 0.456 e. The average Bonchev–Trinajstić information content (AvgIpc) is 3.95. The molecule has 3 aliphatic rings. The molecule has 3 nitrogen and oxygen atoms in total. The molecule has 0 atom stereocenters. The molecule has 0 unspecified atom stereocenters. The molecule has 2 aliphatic carbocycles. The Balaban J connectivity index is 1.10. The van der Waals surface area contributed by atoms with Crippen molar-refractivity contribution in [2.75, 3.05) is 5.32 Å². The summed E-state index contributed by atoms with van der Waals surface area (Å²) in [5, 5.41) is 8.93. The zero-order chi connectivity index (χ0) is 45.4. The minimum absolute atomic E-state index is 0.0526. The van der Waals surface area contributed by atoms with Crippen LogP contribution in [-0.2, 0) is 21.7 Å². The summed E-state index contributed by atoms with van der Waals surface area (Å²) in [4.78, 5) is 0. The van der Waals surface area contributed by atoms with E-state index in [4.69, 9.17) is 4.42 Å². The van der Waals surface area contributed by atoms with Gasteiger partial charge in [0.2, 0.25) is 0 Å². The van der Waals surface area contributed by atoms with Crippen LogP contribution in [0.4, 0.5) is 11.4 Å². The Morgan fingerprint density at radius 3 is 1.92 bits per heavy atom. The van der Waals surface area contributed by atoms with Gasteiger partial charge in [-0.15, -0.1) is 0 Å². The van der Waals surface area contributed by atoms with Crippen molar-refractivity contribution in [1.82, 2.24) is 4.57 Å². The lowest BCUT2D eigenvalue weighted by Crippen LogP contribution is -2.37. The summed E-state index contributed by atoms with van der Waals surface area (Å²) >= 11 is 0. The van der Waals surface area contributed by atoms with Crippen molar-refractivity contribution in [2.45, 2.75) is 90.9 Å². The van der Waals surface area contributed by atoms with Gasteiger partial charge in [0.05, 0.1) is 5.52 Å². The first-order valence-corrected chi connectivity index (χ1v) is 23.9. The predicted molar refractivity (Wildman–Crippen MR) is 282 cm³/mol. The maximum Gasteiger partial charge on any atom is 0.198 e. The van der Waals surface area contributed by atoms with Gasteiger partial charge in [0, 0.05) is 60.5 Å². The highest BCUT2D eigenvalue weighted by Gasteiger charge is 2.40. The van der Waals surface area contributed by atoms with Crippen LogP contribution in [-0.4, -0.2) is 11.8 Å². The van der Waals surface area contributed by atoms with Crippen molar-refractivity contribution >= 4 is 73.3 Å². The molecular formula is C62H55BN2O. The van der Waals surface area contributed by atoms with Crippen LogP contribution in [0.15, 0.2) is 144 Å². The van der Waals surface area contributed by atoms with Crippen LogP contribution in [0.2, 0.25) is 0 Å². The van der Waals surface area contributed by atoms with Crippen LogP contribution in [0.1, 0.15) is 103 Å². The lowest BCUT2D eigenvalue weighted by Gasteiger charge is -2.27. The van der Waals surface area contributed by atoms with Gasteiger partial charge in [-0.1, -0.05) is 160 Å². The lowest BCUT2D eigenvalue weighted by molar-refractivity contribution is 0.584. The minimum atomic E-state index is -0.175. The Bertz CT molecular complexity index is 3770. The van der Waals surface area contributed by atoms with Crippen molar-refractivity contribution in [3.63, 3.8) is 0 Å². The molecular weight excluding hydrogens is 800 g/mol. The fourth-order valence-electron chi connectivity index (χ4n) is 12.2. The third-order valence-electron chi connectivity index (χ3n) is 15.9. The predicted octanol–water partition coefficient (Wildman–Crippen LogP) is 15.0. The number of fused-ring (bicyclic) bond motifs is 14. The Morgan fingerprint density at radius 2 is 1.14 bits per heavy atom. The molecule has 4 heteroatoms. The second kappa shape index (κ2) is 13.0. The van der Waals surface area contributed by atoms with Gasteiger partial charge >= 0.3 is 0 Å². The Labute approximate surface area is 388 Å². The summed E-state index contributed by atoms with van der Waals surface area (Å²) in [5.41, 5.74) is 26.4. The highest BCUT2D eigenvalue weighted by atomic mass is 16.3. The number of nitrogens with zero attached hydrogens (tertiary/aromatic N) is 1. The first kappa shape index (κ1) is 39.6. The van der Waals surface area contributed by atoms with E-state index in [9.17, 15) is 0 Å². The van der Waals surface area contributed by atoms with Crippen molar-refractivity contribution in [3.05, 3.63) is 173 Å². The van der Waals surface area contributed by atoms with Crippen molar-refractivity contribution in [1.29, 1.82) is 0 Å². The zero-order valence-corrected chi connectivity index (χ0v) is 39.8. The van der Waals surface area contributed by atoms with E-state index in [1.165, 1.54) is 105 Å². The third-order valence-corrected chi connectivity index (χ3v) is 15.9. The number of hydrogen-bond acceptors (Lipinski definition) is 2. The van der Waals surface area contributed by atoms with Gasteiger partial charge in [0.25, 0.3) is 0 Å². The normalized spacial score (nSPS) is 15.2. The fourth-order valence-corrected chi connectivity index (χ4v) is 12.2. The SMILES string of the molecule is CC(C)(C)c1ccc(Nc2cc3c(cc2-c2ccc4c5cc6c(cc5n5c4c2Bc2cc4oc7ccccc7c4cc2-5)C(C)(C)c2ccccc2-6)-c2ccc(C(C)(C)C)cc2C3(C)C)cc1. The Kier molecular flexibility index (Phi) is 7.78. The number of nitrogens with one attached hydrogen (secondary N) is 1. The molecule has 2 aromatic heterocycles. The number of furan rings is 1. The maximum atomic E-state index is 6.62. The molecule has 0 saturated carbocycles. The van der Waals surface area contributed by atoms with Crippen LogP contribution >= 0.6 is 0 Å². The zero-order valence-electron chi connectivity index (χ0n) is 39.8. The van der Waals surface area contributed by atoms with Crippen LogP contribution in [0, 0.1) is 0 Å². The van der Waals surface area contributed by atoms with Crippen LogP contribution in [0.5, 0.6) is 0 Å². The first-order valence-electron chi connectivity index (χ1n) is 23.9. The van der Waals surface area contributed by atoms with Crippen LogP contribution in [0.3, 0.4) is 0 Å². The molecule has 0 bridgehead atoms. The van der Waals surface area contributed by atoms with Gasteiger partial charge in [0.1, 0.15) is 11.2 Å². The molecule has 8 aromatic carbocycles. The number of hydrogen-bond donors (Lipinski definition) is 1. The number of para-hydroxylation sites is 1. The Hall–Kier alpha value is -6.78. The maximum absolute atomic E-state index is 6.62. The average molecular weight is 855 g/mol. The molecule has 0 radical (unpaired) electrons. The summed E-state index contributed by atoms with van der Waals surface area (Å²) in [6, 6.07) is 53.4. The van der Waals surface area contributed by atoms with E-state index in [0.29, 0.717) is 0 Å². The van der Waals surface area contributed by atoms with Gasteiger partial charge in [-0.2, -0.15) is 0 Å². The van der Waals surface area contributed by atoms with E-state index in [1.54, 1.807) is 0 Å². The second-order valence-electron chi connectivity index (χ2n) is 22.7. The molecule has 0 spiro atoms. The number of benzene rings is 8. The summed E-state index contributed by atoms with van der Waals surface area (Å²) in [7, 11) is 0.785. The third kappa shape index (κ3) is 5.39. The highest BCUT2D eigenvalue weighted by molar-refractivity contribution is 6.73. The molecule has 1 aliphatic heterocycles. The molecule has 0 fully saturated rings. The first-order chi connectivity index (χ1) is 31.5. The summed E-state index contributed by atoms with van der Waals surface area (Å²) < 4.78 is 9.23.